The van der Waals surface area contributed by atoms with E-state index < -0.39 is 0 Å². The summed E-state index contributed by atoms with van der Waals surface area (Å²) in [6.45, 7) is 6.22. The van der Waals surface area contributed by atoms with Crippen LogP contribution in [0.5, 0.6) is 0 Å². The van der Waals surface area contributed by atoms with Crippen molar-refractivity contribution in [2.24, 2.45) is 0 Å². The van der Waals surface area contributed by atoms with Gasteiger partial charge in [-0.2, -0.15) is 5.26 Å². The summed E-state index contributed by atoms with van der Waals surface area (Å²) in [5.74, 6) is 0. The summed E-state index contributed by atoms with van der Waals surface area (Å²) >= 11 is 1.51. The second kappa shape index (κ2) is 6.82. The second-order valence-corrected chi connectivity index (χ2v) is 6.74. The van der Waals surface area contributed by atoms with E-state index in [0.29, 0.717) is 5.57 Å². The summed E-state index contributed by atoms with van der Waals surface area (Å²) in [5.41, 5.74) is 7.30. The molecule has 0 aliphatic rings. The molecule has 0 atom stereocenters. The van der Waals surface area contributed by atoms with Crippen LogP contribution in [0.2, 0.25) is 0 Å². The van der Waals surface area contributed by atoms with Crippen LogP contribution in [0.15, 0.2) is 47.8 Å². The zero-order valence-electron chi connectivity index (χ0n) is 14.0. The Bertz CT molecular complexity index is 958. The summed E-state index contributed by atoms with van der Waals surface area (Å²) < 4.78 is 0. The lowest BCUT2D eigenvalue weighted by Crippen LogP contribution is -1.87. The fraction of sp³-hybridized carbons (Fsp3) is 0.143. The minimum Gasteiger partial charge on any atom is -0.235 e. The normalized spacial score (nSPS) is 11.3. The Kier molecular flexibility index (Phi) is 4.59. The number of aromatic nitrogens is 1. The fourth-order valence-corrected chi connectivity index (χ4v) is 3.45. The Balaban J connectivity index is 2.00. The van der Waals surface area contributed by atoms with E-state index in [1.165, 1.54) is 22.5 Å². The van der Waals surface area contributed by atoms with E-state index in [-0.39, 0.29) is 0 Å². The lowest BCUT2D eigenvalue weighted by Gasteiger charge is -2.03. The van der Waals surface area contributed by atoms with Gasteiger partial charge in [-0.1, -0.05) is 48.0 Å². The molecular formula is C21H18N2S. The first-order valence-corrected chi connectivity index (χ1v) is 8.67. The number of hydrogen-bond acceptors (Lipinski definition) is 3. The van der Waals surface area contributed by atoms with Gasteiger partial charge in [-0.15, -0.1) is 11.3 Å². The van der Waals surface area contributed by atoms with Gasteiger partial charge in [-0.05, 0) is 43.5 Å². The van der Waals surface area contributed by atoms with Crippen molar-refractivity contribution in [3.63, 3.8) is 0 Å². The van der Waals surface area contributed by atoms with Crippen LogP contribution >= 0.6 is 11.3 Å². The zero-order chi connectivity index (χ0) is 17.1. The number of allylic oxidation sites excluding steroid dienone is 1. The molecule has 0 fully saturated rings. The molecule has 0 aliphatic carbocycles. The van der Waals surface area contributed by atoms with Gasteiger partial charge in [0.15, 0.2) is 0 Å². The van der Waals surface area contributed by atoms with Gasteiger partial charge in [-0.25, -0.2) is 4.98 Å². The fourth-order valence-electron chi connectivity index (χ4n) is 2.67. The van der Waals surface area contributed by atoms with Crippen molar-refractivity contribution in [2.75, 3.05) is 0 Å². The maximum atomic E-state index is 9.55. The van der Waals surface area contributed by atoms with E-state index in [1.807, 2.05) is 42.6 Å². The van der Waals surface area contributed by atoms with Gasteiger partial charge >= 0.3 is 0 Å². The van der Waals surface area contributed by atoms with Crippen LogP contribution < -0.4 is 0 Å². The average Bonchev–Trinajstić information content (AvgIpc) is 3.03. The van der Waals surface area contributed by atoms with Gasteiger partial charge in [0.1, 0.15) is 11.1 Å². The third kappa shape index (κ3) is 3.29. The Morgan fingerprint density at radius 2 is 1.88 bits per heavy atom. The highest BCUT2D eigenvalue weighted by molar-refractivity contribution is 7.11. The molecule has 0 aliphatic heterocycles. The smallest absolute Gasteiger partial charge is 0.134 e. The van der Waals surface area contributed by atoms with Gasteiger partial charge in [0.25, 0.3) is 0 Å². The average molecular weight is 330 g/mol. The molecule has 2 aromatic carbocycles. The van der Waals surface area contributed by atoms with Crippen LogP contribution in [0, 0.1) is 32.1 Å². The number of nitrogens with zero attached hydrogens (tertiary/aromatic N) is 2. The van der Waals surface area contributed by atoms with Crippen LogP contribution in [0.25, 0.3) is 22.9 Å². The summed E-state index contributed by atoms with van der Waals surface area (Å²) in [5, 5.41) is 12.3. The molecule has 118 valence electrons. The zero-order valence-corrected chi connectivity index (χ0v) is 14.8. The first kappa shape index (κ1) is 16.2. The number of hydrogen-bond donors (Lipinski definition) is 0. The van der Waals surface area contributed by atoms with E-state index in [1.54, 1.807) is 0 Å². The van der Waals surface area contributed by atoms with E-state index in [2.05, 4.69) is 38.1 Å². The first-order valence-electron chi connectivity index (χ1n) is 7.79. The number of thiazole rings is 1. The Hall–Kier alpha value is -2.70. The molecule has 1 heterocycles. The molecule has 0 radical (unpaired) electrons. The van der Waals surface area contributed by atoms with Crippen LogP contribution in [-0.4, -0.2) is 4.98 Å². The SMILES string of the molecule is Cc1ccc(-c2csc(C(C#N)=Cc3ccccc3C)n2)c(C)c1. The van der Waals surface area contributed by atoms with E-state index in [9.17, 15) is 5.26 Å². The minimum atomic E-state index is 0.602. The molecule has 3 heteroatoms. The van der Waals surface area contributed by atoms with Gasteiger partial charge < -0.3 is 0 Å². The predicted octanol–water partition coefficient (Wildman–Crippen LogP) is 5.80. The number of benzene rings is 2. The lowest BCUT2D eigenvalue weighted by molar-refractivity contribution is 1.32. The standard InChI is InChI=1S/C21H18N2S/c1-14-8-9-19(16(3)10-14)20-13-24-21(23-20)18(12-22)11-17-7-5-4-6-15(17)2/h4-11,13H,1-3H3. The van der Waals surface area contributed by atoms with Gasteiger partial charge in [0.2, 0.25) is 0 Å². The topological polar surface area (TPSA) is 36.7 Å². The maximum absolute atomic E-state index is 9.55. The van der Waals surface area contributed by atoms with Gasteiger partial charge in [0.05, 0.1) is 11.3 Å². The Morgan fingerprint density at radius 3 is 2.58 bits per heavy atom. The molecule has 24 heavy (non-hydrogen) atoms. The monoisotopic (exact) mass is 330 g/mol. The van der Waals surface area contributed by atoms with Crippen molar-refractivity contribution in [2.45, 2.75) is 20.8 Å². The van der Waals surface area contributed by atoms with Crippen molar-refractivity contribution >= 4 is 23.0 Å². The summed E-state index contributed by atoms with van der Waals surface area (Å²) in [6, 6.07) is 16.7. The molecule has 0 amide bonds. The highest BCUT2D eigenvalue weighted by atomic mass is 32.1. The summed E-state index contributed by atoms with van der Waals surface area (Å²) in [4.78, 5) is 4.70. The van der Waals surface area contributed by atoms with Crippen molar-refractivity contribution in [1.29, 1.82) is 5.26 Å². The molecule has 0 saturated carbocycles. The van der Waals surface area contributed by atoms with Crippen LogP contribution in [-0.2, 0) is 0 Å². The molecule has 3 rings (SSSR count). The quantitative estimate of drug-likeness (QED) is 0.569. The van der Waals surface area contributed by atoms with Crippen molar-refractivity contribution in [1.82, 2.24) is 4.98 Å². The highest BCUT2D eigenvalue weighted by Gasteiger charge is 2.11. The van der Waals surface area contributed by atoms with Crippen molar-refractivity contribution < 1.29 is 0 Å². The lowest BCUT2D eigenvalue weighted by atomic mass is 10.0. The summed E-state index contributed by atoms with van der Waals surface area (Å²) in [6.07, 6.45) is 1.92. The Morgan fingerprint density at radius 1 is 1.08 bits per heavy atom. The number of aryl methyl sites for hydroxylation is 3. The molecule has 1 aromatic heterocycles. The maximum Gasteiger partial charge on any atom is 0.134 e. The van der Waals surface area contributed by atoms with Crippen LogP contribution in [0.1, 0.15) is 27.3 Å². The number of rotatable bonds is 3. The molecule has 0 saturated heterocycles. The van der Waals surface area contributed by atoms with Gasteiger partial charge in [0, 0.05) is 10.9 Å². The van der Waals surface area contributed by atoms with Crippen LogP contribution in [0.4, 0.5) is 0 Å². The second-order valence-electron chi connectivity index (χ2n) is 5.88. The molecule has 3 aromatic rings. The molecular weight excluding hydrogens is 312 g/mol. The van der Waals surface area contributed by atoms with Crippen molar-refractivity contribution in [3.8, 4) is 17.3 Å². The molecule has 0 N–H and O–H groups in total. The van der Waals surface area contributed by atoms with E-state index >= 15 is 0 Å². The molecule has 0 bridgehead atoms. The van der Waals surface area contributed by atoms with Crippen molar-refractivity contribution in [3.05, 3.63) is 75.1 Å². The largest absolute Gasteiger partial charge is 0.235 e. The first-order chi connectivity index (χ1) is 11.6. The molecule has 0 unspecified atom stereocenters. The van der Waals surface area contributed by atoms with Crippen LogP contribution in [0.3, 0.4) is 0 Å². The van der Waals surface area contributed by atoms with E-state index in [4.69, 9.17) is 4.98 Å². The highest BCUT2D eigenvalue weighted by Crippen LogP contribution is 2.29. The third-order valence-corrected chi connectivity index (χ3v) is 4.88. The van der Waals surface area contributed by atoms with Gasteiger partial charge in [-0.3, -0.25) is 0 Å². The Labute approximate surface area is 146 Å². The minimum absolute atomic E-state index is 0.602. The summed E-state index contributed by atoms with van der Waals surface area (Å²) in [7, 11) is 0. The predicted molar refractivity (Wildman–Crippen MR) is 102 cm³/mol. The third-order valence-electron chi connectivity index (χ3n) is 4.00. The molecule has 0 spiro atoms. The molecule has 2 nitrogen and oxygen atoms in total. The van der Waals surface area contributed by atoms with E-state index in [0.717, 1.165) is 27.4 Å². The number of nitriles is 1.